The molecule has 0 radical (unpaired) electrons. The Morgan fingerprint density at radius 1 is 1.10 bits per heavy atom. The summed E-state index contributed by atoms with van der Waals surface area (Å²) in [5, 5.41) is 0. The third kappa shape index (κ3) is 4.56. The molecule has 0 unspecified atom stereocenters. The number of halogens is 2. The second-order valence-corrected chi connectivity index (χ2v) is 4.64. The van der Waals surface area contributed by atoms with Gasteiger partial charge in [0, 0.05) is 17.7 Å². The van der Waals surface area contributed by atoms with E-state index in [4.69, 9.17) is 10.5 Å². The molecule has 0 fully saturated rings. The van der Waals surface area contributed by atoms with Crippen LogP contribution in [0.1, 0.15) is 17.5 Å². The molecule has 21 heavy (non-hydrogen) atoms. The van der Waals surface area contributed by atoms with Crippen molar-refractivity contribution in [2.45, 2.75) is 19.4 Å². The van der Waals surface area contributed by atoms with Gasteiger partial charge in [-0.15, -0.1) is 0 Å². The number of ether oxygens (including phenoxy) is 1. The van der Waals surface area contributed by atoms with Gasteiger partial charge in [-0.3, -0.25) is 4.79 Å². The number of anilines is 1. The highest BCUT2D eigenvalue weighted by Gasteiger charge is 2.08. The Morgan fingerprint density at radius 2 is 1.81 bits per heavy atom. The molecule has 5 heteroatoms. The van der Waals surface area contributed by atoms with Crippen molar-refractivity contribution in [1.29, 1.82) is 0 Å². The quantitative estimate of drug-likeness (QED) is 0.679. The highest BCUT2D eigenvalue weighted by atomic mass is 19.1. The Bertz CT molecular complexity index is 627. The van der Waals surface area contributed by atoms with Crippen LogP contribution in [0.3, 0.4) is 0 Å². The second-order valence-electron chi connectivity index (χ2n) is 4.64. The molecular weight excluding hydrogens is 276 g/mol. The second kappa shape index (κ2) is 6.83. The molecule has 0 aromatic heterocycles. The minimum Gasteiger partial charge on any atom is -0.461 e. The van der Waals surface area contributed by atoms with Gasteiger partial charge in [0.05, 0.1) is 0 Å². The topological polar surface area (TPSA) is 52.3 Å². The fourth-order valence-corrected chi connectivity index (χ4v) is 1.82. The van der Waals surface area contributed by atoms with Crippen LogP contribution in [0.15, 0.2) is 42.5 Å². The number of hydrogen-bond donors (Lipinski definition) is 1. The molecule has 0 atom stereocenters. The van der Waals surface area contributed by atoms with Crippen LogP contribution in [-0.2, 0) is 22.6 Å². The Hall–Kier alpha value is -2.43. The van der Waals surface area contributed by atoms with E-state index in [1.165, 1.54) is 0 Å². The number of aryl methyl sites for hydroxylation is 1. The molecule has 0 spiro atoms. The van der Waals surface area contributed by atoms with Crippen molar-refractivity contribution in [1.82, 2.24) is 0 Å². The lowest BCUT2D eigenvalue weighted by Gasteiger charge is -2.06. The Morgan fingerprint density at radius 3 is 2.52 bits per heavy atom. The minimum atomic E-state index is -0.595. The van der Waals surface area contributed by atoms with Crippen LogP contribution < -0.4 is 5.73 Å². The van der Waals surface area contributed by atoms with Gasteiger partial charge in [0.15, 0.2) is 0 Å². The fourth-order valence-electron chi connectivity index (χ4n) is 1.82. The molecule has 0 bridgehead atoms. The lowest BCUT2D eigenvalue weighted by Crippen LogP contribution is -2.07. The van der Waals surface area contributed by atoms with E-state index in [1.807, 2.05) is 12.1 Å². The van der Waals surface area contributed by atoms with Gasteiger partial charge in [-0.05, 0) is 42.3 Å². The summed E-state index contributed by atoms with van der Waals surface area (Å²) in [6.45, 7) is -0.274. The lowest BCUT2D eigenvalue weighted by atomic mass is 10.1. The van der Waals surface area contributed by atoms with Crippen molar-refractivity contribution >= 4 is 11.7 Å². The van der Waals surface area contributed by atoms with Gasteiger partial charge in [0.25, 0.3) is 0 Å². The molecule has 3 nitrogen and oxygen atoms in total. The molecule has 2 aromatic carbocycles. The summed E-state index contributed by atoms with van der Waals surface area (Å²) in [5.74, 6) is -1.62. The molecule has 2 N–H and O–H groups in total. The lowest BCUT2D eigenvalue weighted by molar-refractivity contribution is -0.145. The highest BCUT2D eigenvalue weighted by Crippen LogP contribution is 2.12. The maximum absolute atomic E-state index is 13.3. The van der Waals surface area contributed by atoms with Crippen LogP contribution >= 0.6 is 0 Å². The molecule has 0 aliphatic heterocycles. The van der Waals surface area contributed by atoms with Crippen LogP contribution in [0.5, 0.6) is 0 Å². The molecular formula is C16H15F2NO2. The first-order chi connectivity index (χ1) is 10.0. The van der Waals surface area contributed by atoms with Crippen molar-refractivity contribution in [2.75, 3.05) is 5.73 Å². The molecule has 2 aromatic rings. The first-order valence-electron chi connectivity index (χ1n) is 6.48. The average Bonchev–Trinajstić information content (AvgIpc) is 2.47. The standard InChI is InChI=1S/C16H15F2NO2/c17-13-4-7-15(18)12(9-13)10-21-16(20)8-3-11-1-5-14(19)6-2-11/h1-2,4-7,9H,3,8,10,19H2. The van der Waals surface area contributed by atoms with Crippen LogP contribution in [-0.4, -0.2) is 5.97 Å². The van der Waals surface area contributed by atoms with Gasteiger partial charge in [-0.2, -0.15) is 0 Å². The number of nitrogens with two attached hydrogens (primary N) is 1. The van der Waals surface area contributed by atoms with E-state index in [9.17, 15) is 13.6 Å². The van der Waals surface area contributed by atoms with Gasteiger partial charge in [-0.1, -0.05) is 12.1 Å². The van der Waals surface area contributed by atoms with Crippen LogP contribution in [0.2, 0.25) is 0 Å². The average molecular weight is 291 g/mol. The van der Waals surface area contributed by atoms with E-state index in [0.29, 0.717) is 12.1 Å². The Kier molecular flexibility index (Phi) is 4.87. The van der Waals surface area contributed by atoms with E-state index in [0.717, 1.165) is 23.8 Å². The summed E-state index contributed by atoms with van der Waals surface area (Å²) in [6.07, 6.45) is 0.672. The fraction of sp³-hybridized carbons (Fsp3) is 0.188. The van der Waals surface area contributed by atoms with Crippen LogP contribution in [0.4, 0.5) is 14.5 Å². The molecule has 0 heterocycles. The summed E-state index contributed by atoms with van der Waals surface area (Å²) in [4.78, 5) is 11.6. The predicted octanol–water partition coefficient (Wildman–Crippen LogP) is 3.22. The smallest absolute Gasteiger partial charge is 0.306 e. The monoisotopic (exact) mass is 291 g/mol. The van der Waals surface area contributed by atoms with Gasteiger partial charge in [0.2, 0.25) is 0 Å². The normalized spacial score (nSPS) is 10.4. The predicted molar refractivity (Wildman–Crippen MR) is 75.3 cm³/mol. The Balaban J connectivity index is 1.82. The van der Waals surface area contributed by atoms with Crippen LogP contribution in [0.25, 0.3) is 0 Å². The zero-order chi connectivity index (χ0) is 15.2. The van der Waals surface area contributed by atoms with Crippen LogP contribution in [0, 0.1) is 11.6 Å². The van der Waals surface area contributed by atoms with Crippen molar-refractivity contribution in [3.8, 4) is 0 Å². The highest BCUT2D eigenvalue weighted by molar-refractivity contribution is 5.69. The van der Waals surface area contributed by atoms with E-state index in [1.54, 1.807) is 12.1 Å². The van der Waals surface area contributed by atoms with Gasteiger partial charge >= 0.3 is 5.97 Å². The third-order valence-corrected chi connectivity index (χ3v) is 2.99. The van der Waals surface area contributed by atoms with Crippen molar-refractivity contribution in [3.05, 3.63) is 65.2 Å². The number of rotatable bonds is 5. The summed E-state index contributed by atoms with van der Waals surface area (Å²) < 4.78 is 31.2. The molecule has 0 aliphatic rings. The first kappa shape index (κ1) is 15.0. The molecule has 0 aliphatic carbocycles. The molecule has 0 saturated carbocycles. The van der Waals surface area contributed by atoms with Crippen molar-refractivity contribution in [2.24, 2.45) is 0 Å². The molecule has 0 amide bonds. The van der Waals surface area contributed by atoms with E-state index >= 15 is 0 Å². The van der Waals surface area contributed by atoms with Crippen molar-refractivity contribution in [3.63, 3.8) is 0 Å². The van der Waals surface area contributed by atoms with Gasteiger partial charge < -0.3 is 10.5 Å². The molecule has 0 saturated heterocycles. The summed E-state index contributed by atoms with van der Waals surface area (Å²) in [7, 11) is 0. The first-order valence-corrected chi connectivity index (χ1v) is 6.48. The summed E-state index contributed by atoms with van der Waals surface area (Å²) in [5.41, 5.74) is 7.20. The molecule has 2 rings (SSSR count). The zero-order valence-corrected chi connectivity index (χ0v) is 11.3. The number of hydrogen-bond acceptors (Lipinski definition) is 3. The van der Waals surface area contributed by atoms with Gasteiger partial charge in [0.1, 0.15) is 18.2 Å². The number of carbonyl (C=O) groups excluding carboxylic acids is 1. The van der Waals surface area contributed by atoms with E-state index in [2.05, 4.69) is 0 Å². The van der Waals surface area contributed by atoms with E-state index in [-0.39, 0.29) is 18.6 Å². The number of nitrogen functional groups attached to an aromatic ring is 1. The maximum atomic E-state index is 13.3. The summed E-state index contributed by atoms with van der Waals surface area (Å²) >= 11 is 0. The van der Waals surface area contributed by atoms with E-state index < -0.39 is 17.6 Å². The van der Waals surface area contributed by atoms with Crippen molar-refractivity contribution < 1.29 is 18.3 Å². The summed E-state index contributed by atoms with van der Waals surface area (Å²) in [6, 6.07) is 10.2. The number of esters is 1. The Labute approximate surface area is 121 Å². The zero-order valence-electron chi connectivity index (χ0n) is 11.3. The SMILES string of the molecule is Nc1ccc(CCC(=O)OCc2cc(F)ccc2F)cc1. The minimum absolute atomic E-state index is 0.0239. The maximum Gasteiger partial charge on any atom is 0.306 e. The van der Waals surface area contributed by atoms with Gasteiger partial charge in [-0.25, -0.2) is 8.78 Å². The molecule has 110 valence electrons. The number of carbonyl (C=O) groups is 1. The number of benzene rings is 2. The third-order valence-electron chi connectivity index (χ3n) is 2.99. The largest absolute Gasteiger partial charge is 0.461 e.